The van der Waals surface area contributed by atoms with Gasteiger partial charge in [-0.3, -0.25) is 0 Å². The van der Waals surface area contributed by atoms with E-state index in [0.717, 1.165) is 16.7 Å². The summed E-state index contributed by atoms with van der Waals surface area (Å²) in [5.74, 6) is 0.0239. The van der Waals surface area contributed by atoms with Gasteiger partial charge in [-0.1, -0.05) is 0 Å². The van der Waals surface area contributed by atoms with Crippen molar-refractivity contribution in [2.24, 2.45) is 0 Å². The van der Waals surface area contributed by atoms with Crippen molar-refractivity contribution in [1.82, 2.24) is 4.98 Å². The van der Waals surface area contributed by atoms with Gasteiger partial charge in [-0.2, -0.15) is 13.2 Å². The summed E-state index contributed by atoms with van der Waals surface area (Å²) in [5.41, 5.74) is -0.953. The lowest BCUT2D eigenvalue weighted by atomic mass is 10.3. The highest BCUT2D eigenvalue weighted by atomic mass is 32.2. The van der Waals surface area contributed by atoms with Crippen LogP contribution >= 0.6 is 11.3 Å². The van der Waals surface area contributed by atoms with Gasteiger partial charge in [0, 0.05) is 11.4 Å². The molecule has 1 unspecified atom stereocenters. The molecule has 0 saturated carbocycles. The second-order valence-electron chi connectivity index (χ2n) is 3.78. The van der Waals surface area contributed by atoms with Gasteiger partial charge in [0.15, 0.2) is 20.7 Å². The Bertz CT molecular complexity index is 509. The SMILES string of the molecule is O=S1(=O)CCC(Nc2nc(C(F)(F)F)cs2)C1. The Kier molecular flexibility index (Phi) is 3.06. The molecule has 0 amide bonds. The summed E-state index contributed by atoms with van der Waals surface area (Å²) < 4.78 is 59.1. The molecular formula is C8H9F3N2O2S2. The molecule has 0 aromatic carbocycles. The lowest BCUT2D eigenvalue weighted by Gasteiger charge is -2.08. The molecule has 1 saturated heterocycles. The highest BCUT2D eigenvalue weighted by molar-refractivity contribution is 7.91. The Morgan fingerprint density at radius 1 is 1.47 bits per heavy atom. The predicted octanol–water partition coefficient (Wildman–Crippen LogP) is 1.76. The van der Waals surface area contributed by atoms with Crippen LogP contribution in [-0.2, 0) is 16.0 Å². The number of anilines is 1. The second-order valence-corrected chi connectivity index (χ2v) is 6.87. The zero-order valence-electron chi connectivity index (χ0n) is 8.49. The molecular weight excluding hydrogens is 277 g/mol. The van der Waals surface area contributed by atoms with Crippen LogP contribution in [-0.4, -0.2) is 30.9 Å². The number of sulfone groups is 1. The molecule has 2 heterocycles. The molecule has 1 aromatic heterocycles. The van der Waals surface area contributed by atoms with Crippen molar-refractivity contribution in [3.8, 4) is 0 Å². The Morgan fingerprint density at radius 2 is 2.18 bits per heavy atom. The maximum atomic E-state index is 12.3. The number of halogens is 3. The van der Waals surface area contributed by atoms with E-state index in [2.05, 4.69) is 10.3 Å². The van der Waals surface area contributed by atoms with Crippen molar-refractivity contribution in [3.63, 3.8) is 0 Å². The van der Waals surface area contributed by atoms with Crippen molar-refractivity contribution in [2.45, 2.75) is 18.6 Å². The van der Waals surface area contributed by atoms with E-state index in [4.69, 9.17) is 0 Å². The number of aromatic nitrogens is 1. The molecule has 4 nitrogen and oxygen atoms in total. The molecule has 96 valence electrons. The van der Waals surface area contributed by atoms with Gasteiger partial charge in [0.2, 0.25) is 0 Å². The highest BCUT2D eigenvalue weighted by Gasteiger charge is 2.34. The number of hydrogen-bond acceptors (Lipinski definition) is 5. The average molecular weight is 286 g/mol. The van der Waals surface area contributed by atoms with Crippen molar-refractivity contribution in [3.05, 3.63) is 11.1 Å². The van der Waals surface area contributed by atoms with Crippen LogP contribution in [0.4, 0.5) is 18.3 Å². The van der Waals surface area contributed by atoms with E-state index in [-0.39, 0.29) is 22.7 Å². The molecule has 0 aliphatic carbocycles. The fourth-order valence-corrected chi connectivity index (χ4v) is 4.02. The standard InChI is InChI=1S/C8H9F3N2O2S2/c9-8(10,11)6-3-16-7(13-6)12-5-1-2-17(14,15)4-5/h3,5H,1-2,4H2,(H,12,13). The largest absolute Gasteiger partial charge is 0.434 e. The van der Waals surface area contributed by atoms with E-state index < -0.39 is 21.7 Å². The molecule has 1 fully saturated rings. The summed E-state index contributed by atoms with van der Waals surface area (Å²) in [4.78, 5) is 3.38. The van der Waals surface area contributed by atoms with Gasteiger partial charge in [0.1, 0.15) is 0 Å². The molecule has 2 rings (SSSR count). The fourth-order valence-electron chi connectivity index (χ4n) is 1.55. The Hall–Kier alpha value is -0.830. The number of thiazole rings is 1. The van der Waals surface area contributed by atoms with E-state index in [1.165, 1.54) is 0 Å². The van der Waals surface area contributed by atoms with Gasteiger partial charge in [-0.05, 0) is 6.42 Å². The fraction of sp³-hybridized carbons (Fsp3) is 0.625. The highest BCUT2D eigenvalue weighted by Crippen LogP contribution is 2.32. The van der Waals surface area contributed by atoms with E-state index in [0.29, 0.717) is 6.42 Å². The molecule has 1 N–H and O–H groups in total. The minimum Gasteiger partial charge on any atom is -0.358 e. The van der Waals surface area contributed by atoms with Crippen LogP contribution in [0, 0.1) is 0 Å². The first kappa shape index (κ1) is 12.6. The van der Waals surface area contributed by atoms with Crippen LogP contribution in [0.25, 0.3) is 0 Å². The average Bonchev–Trinajstić information content (AvgIpc) is 2.72. The van der Waals surface area contributed by atoms with Gasteiger partial charge in [-0.25, -0.2) is 13.4 Å². The normalized spacial score (nSPS) is 23.8. The van der Waals surface area contributed by atoms with E-state index in [1.54, 1.807) is 0 Å². The summed E-state index contributed by atoms with van der Waals surface area (Å²) in [6, 6.07) is -0.341. The number of hydrogen-bond donors (Lipinski definition) is 1. The van der Waals surface area contributed by atoms with Crippen molar-refractivity contribution >= 4 is 26.3 Å². The van der Waals surface area contributed by atoms with Gasteiger partial charge in [-0.15, -0.1) is 11.3 Å². The maximum absolute atomic E-state index is 12.3. The molecule has 0 radical (unpaired) electrons. The van der Waals surface area contributed by atoms with Gasteiger partial charge in [0.05, 0.1) is 11.5 Å². The maximum Gasteiger partial charge on any atom is 0.434 e. The Morgan fingerprint density at radius 3 is 2.65 bits per heavy atom. The third kappa shape index (κ3) is 3.09. The van der Waals surface area contributed by atoms with Crippen molar-refractivity contribution in [2.75, 3.05) is 16.8 Å². The second kappa shape index (κ2) is 4.13. The number of rotatable bonds is 2. The lowest BCUT2D eigenvalue weighted by molar-refractivity contribution is -0.140. The van der Waals surface area contributed by atoms with Crippen LogP contribution in [0.2, 0.25) is 0 Å². The summed E-state index contributed by atoms with van der Waals surface area (Å²) in [7, 11) is -3.05. The van der Waals surface area contributed by atoms with Crippen LogP contribution < -0.4 is 5.32 Å². The zero-order valence-corrected chi connectivity index (χ0v) is 10.1. The zero-order chi connectivity index (χ0) is 12.7. The molecule has 1 aliphatic rings. The first-order valence-electron chi connectivity index (χ1n) is 4.76. The molecule has 9 heteroatoms. The number of alkyl halides is 3. The van der Waals surface area contributed by atoms with Gasteiger partial charge in [0.25, 0.3) is 0 Å². The smallest absolute Gasteiger partial charge is 0.358 e. The van der Waals surface area contributed by atoms with E-state index in [1.807, 2.05) is 0 Å². The summed E-state index contributed by atoms with van der Waals surface area (Å²) in [5, 5.41) is 3.74. The van der Waals surface area contributed by atoms with Gasteiger partial charge < -0.3 is 5.32 Å². The van der Waals surface area contributed by atoms with Crippen LogP contribution in [0.3, 0.4) is 0 Å². The topological polar surface area (TPSA) is 59.1 Å². The third-order valence-corrected chi connectivity index (χ3v) is 4.90. The molecule has 1 atom stereocenters. The van der Waals surface area contributed by atoms with Crippen molar-refractivity contribution in [1.29, 1.82) is 0 Å². The van der Waals surface area contributed by atoms with Crippen LogP contribution in [0.1, 0.15) is 12.1 Å². The van der Waals surface area contributed by atoms with Crippen LogP contribution in [0.15, 0.2) is 5.38 Å². The van der Waals surface area contributed by atoms with Crippen molar-refractivity contribution < 1.29 is 21.6 Å². The third-order valence-electron chi connectivity index (χ3n) is 2.35. The van der Waals surface area contributed by atoms with Crippen LogP contribution in [0.5, 0.6) is 0 Å². The molecule has 0 bridgehead atoms. The number of nitrogens with zero attached hydrogens (tertiary/aromatic N) is 1. The monoisotopic (exact) mass is 286 g/mol. The first-order valence-corrected chi connectivity index (χ1v) is 7.46. The molecule has 0 spiro atoms. The Labute approximate surface area is 99.8 Å². The summed E-state index contributed by atoms with van der Waals surface area (Å²) in [6.45, 7) is 0. The molecule has 17 heavy (non-hydrogen) atoms. The first-order chi connectivity index (χ1) is 7.76. The van der Waals surface area contributed by atoms with E-state index >= 15 is 0 Å². The lowest BCUT2D eigenvalue weighted by Crippen LogP contribution is -2.20. The minimum atomic E-state index is -4.46. The minimum absolute atomic E-state index is 0.0477. The molecule has 1 aliphatic heterocycles. The molecule has 1 aromatic rings. The predicted molar refractivity (Wildman–Crippen MR) is 57.8 cm³/mol. The van der Waals surface area contributed by atoms with Gasteiger partial charge >= 0.3 is 6.18 Å². The Balaban J connectivity index is 2.03. The van der Waals surface area contributed by atoms with E-state index in [9.17, 15) is 21.6 Å². The quantitative estimate of drug-likeness (QED) is 0.900. The summed E-state index contributed by atoms with van der Waals surface area (Å²) >= 11 is 0.826. The summed E-state index contributed by atoms with van der Waals surface area (Å²) in [6.07, 6.45) is -4.05. The number of nitrogens with one attached hydrogen (secondary N) is 1.